The van der Waals surface area contributed by atoms with Crippen molar-refractivity contribution in [3.63, 3.8) is 0 Å². The Hall–Kier alpha value is -1.30. The number of hydrogen-bond acceptors (Lipinski definition) is 5. The van der Waals surface area contributed by atoms with E-state index in [1.807, 2.05) is 32.0 Å². The van der Waals surface area contributed by atoms with E-state index in [1.54, 1.807) is 0 Å². The fourth-order valence-electron chi connectivity index (χ4n) is 2.15. The third-order valence-corrected chi connectivity index (χ3v) is 3.32. The molecule has 5 nitrogen and oxygen atoms in total. The summed E-state index contributed by atoms with van der Waals surface area (Å²) in [5, 5.41) is 13.4. The minimum Gasteiger partial charge on any atom is -0.454 e. The Bertz CT molecular complexity index is 436. The number of rotatable bonds is 9. The molecule has 0 radical (unpaired) electrons. The lowest BCUT2D eigenvalue weighted by Crippen LogP contribution is -2.22. The second kappa shape index (κ2) is 8.22. The molecule has 2 rings (SSSR count). The fourth-order valence-corrected chi connectivity index (χ4v) is 2.15. The summed E-state index contributed by atoms with van der Waals surface area (Å²) < 4.78 is 16.0. The summed E-state index contributed by atoms with van der Waals surface area (Å²) in [4.78, 5) is 0. The zero-order valence-electron chi connectivity index (χ0n) is 12.8. The van der Waals surface area contributed by atoms with Crippen molar-refractivity contribution in [2.24, 2.45) is 0 Å². The first-order valence-corrected chi connectivity index (χ1v) is 7.56. The summed E-state index contributed by atoms with van der Waals surface area (Å²) in [6, 6.07) is 5.55. The number of aliphatic hydroxyl groups is 1. The van der Waals surface area contributed by atoms with Crippen LogP contribution in [-0.4, -0.2) is 37.7 Å². The molecule has 0 aromatic heterocycles. The van der Waals surface area contributed by atoms with Gasteiger partial charge in [0.15, 0.2) is 11.5 Å². The smallest absolute Gasteiger partial charge is 0.231 e. The van der Waals surface area contributed by atoms with E-state index < -0.39 is 6.10 Å². The van der Waals surface area contributed by atoms with Crippen LogP contribution < -0.4 is 14.8 Å². The van der Waals surface area contributed by atoms with Gasteiger partial charge in [-0.3, -0.25) is 0 Å². The van der Waals surface area contributed by atoms with Crippen LogP contribution in [0.4, 0.5) is 0 Å². The monoisotopic (exact) mass is 295 g/mol. The van der Waals surface area contributed by atoms with E-state index in [1.165, 1.54) is 0 Å². The van der Waals surface area contributed by atoms with Gasteiger partial charge in [0.05, 0.1) is 12.2 Å². The van der Waals surface area contributed by atoms with E-state index >= 15 is 0 Å². The molecule has 1 aromatic carbocycles. The lowest BCUT2D eigenvalue weighted by Gasteiger charge is -2.13. The van der Waals surface area contributed by atoms with Crippen LogP contribution in [-0.2, 0) is 4.74 Å². The summed E-state index contributed by atoms with van der Waals surface area (Å²) >= 11 is 0. The maximum absolute atomic E-state index is 10.1. The Morgan fingerprint density at radius 1 is 1.24 bits per heavy atom. The van der Waals surface area contributed by atoms with Crippen LogP contribution in [0.15, 0.2) is 18.2 Å². The van der Waals surface area contributed by atoms with Gasteiger partial charge in [-0.15, -0.1) is 0 Å². The molecule has 0 fully saturated rings. The number of aliphatic hydroxyl groups excluding tert-OH is 1. The molecule has 0 aliphatic carbocycles. The van der Waals surface area contributed by atoms with Gasteiger partial charge in [-0.05, 0) is 50.9 Å². The first-order chi connectivity index (χ1) is 10.2. The van der Waals surface area contributed by atoms with Crippen molar-refractivity contribution in [1.29, 1.82) is 0 Å². The van der Waals surface area contributed by atoms with E-state index in [2.05, 4.69) is 5.32 Å². The second-order valence-electron chi connectivity index (χ2n) is 5.46. The lowest BCUT2D eigenvalue weighted by atomic mass is 10.1. The van der Waals surface area contributed by atoms with Gasteiger partial charge >= 0.3 is 0 Å². The van der Waals surface area contributed by atoms with Crippen LogP contribution in [0.5, 0.6) is 11.5 Å². The summed E-state index contributed by atoms with van der Waals surface area (Å²) in [5.41, 5.74) is 0.842. The molecule has 1 unspecified atom stereocenters. The van der Waals surface area contributed by atoms with Crippen molar-refractivity contribution in [3.05, 3.63) is 23.8 Å². The first kappa shape index (κ1) is 16.1. The molecule has 2 N–H and O–H groups in total. The number of fused-ring (bicyclic) bond motifs is 1. The molecule has 1 aliphatic heterocycles. The van der Waals surface area contributed by atoms with E-state index in [0.717, 1.165) is 37.3 Å². The van der Waals surface area contributed by atoms with Crippen molar-refractivity contribution < 1.29 is 19.3 Å². The molecular formula is C16H25NO4. The van der Waals surface area contributed by atoms with Crippen molar-refractivity contribution in [3.8, 4) is 11.5 Å². The minimum atomic E-state index is -0.536. The van der Waals surface area contributed by atoms with Crippen molar-refractivity contribution in [2.45, 2.75) is 38.9 Å². The molecule has 0 bridgehead atoms. The maximum Gasteiger partial charge on any atom is 0.231 e. The van der Waals surface area contributed by atoms with Gasteiger partial charge in [0.1, 0.15) is 0 Å². The summed E-state index contributed by atoms with van der Waals surface area (Å²) in [7, 11) is 0. The van der Waals surface area contributed by atoms with E-state index in [9.17, 15) is 5.11 Å². The number of hydrogen-bond donors (Lipinski definition) is 2. The highest BCUT2D eigenvalue weighted by Gasteiger charge is 2.16. The van der Waals surface area contributed by atoms with Gasteiger partial charge in [-0.25, -0.2) is 0 Å². The molecule has 1 heterocycles. The van der Waals surface area contributed by atoms with Gasteiger partial charge in [0.25, 0.3) is 0 Å². The van der Waals surface area contributed by atoms with Gasteiger partial charge < -0.3 is 24.6 Å². The normalized spacial score (nSPS) is 14.7. The van der Waals surface area contributed by atoms with E-state index in [0.29, 0.717) is 18.4 Å². The summed E-state index contributed by atoms with van der Waals surface area (Å²) in [5.74, 6) is 1.45. The predicted octanol–water partition coefficient (Wildman–Crippen LogP) is 2.24. The van der Waals surface area contributed by atoms with Gasteiger partial charge in [-0.1, -0.05) is 6.07 Å². The molecule has 0 amide bonds. The lowest BCUT2D eigenvalue weighted by molar-refractivity contribution is 0.0759. The average molecular weight is 295 g/mol. The van der Waals surface area contributed by atoms with Crippen LogP contribution in [0, 0.1) is 0 Å². The number of ether oxygens (including phenoxy) is 3. The van der Waals surface area contributed by atoms with Crippen molar-refractivity contribution >= 4 is 0 Å². The highest BCUT2D eigenvalue weighted by Crippen LogP contribution is 2.33. The minimum absolute atomic E-state index is 0.256. The molecule has 0 saturated carbocycles. The largest absolute Gasteiger partial charge is 0.454 e. The number of nitrogens with one attached hydrogen (secondary N) is 1. The molecular weight excluding hydrogens is 270 g/mol. The maximum atomic E-state index is 10.1. The molecule has 1 aromatic rings. The molecule has 5 heteroatoms. The molecule has 0 saturated heterocycles. The Labute approximate surface area is 126 Å². The van der Waals surface area contributed by atoms with Crippen LogP contribution in [0.2, 0.25) is 0 Å². The van der Waals surface area contributed by atoms with Crippen LogP contribution in [0.25, 0.3) is 0 Å². The highest BCUT2D eigenvalue weighted by molar-refractivity contribution is 5.45. The molecule has 118 valence electrons. The van der Waals surface area contributed by atoms with Gasteiger partial charge in [0, 0.05) is 13.2 Å². The second-order valence-corrected chi connectivity index (χ2v) is 5.46. The van der Waals surface area contributed by atoms with E-state index in [4.69, 9.17) is 14.2 Å². The Balaban J connectivity index is 1.62. The molecule has 1 aliphatic rings. The van der Waals surface area contributed by atoms with Crippen molar-refractivity contribution in [2.75, 3.05) is 26.5 Å². The van der Waals surface area contributed by atoms with Crippen LogP contribution in [0.3, 0.4) is 0 Å². The van der Waals surface area contributed by atoms with Gasteiger partial charge in [0.2, 0.25) is 6.79 Å². The first-order valence-electron chi connectivity index (χ1n) is 7.56. The van der Waals surface area contributed by atoms with Crippen molar-refractivity contribution in [1.82, 2.24) is 5.32 Å². The third kappa shape index (κ3) is 5.19. The SMILES string of the molecule is CC(C)OCCCCNCC(O)c1ccc2c(c1)OCO2. The Morgan fingerprint density at radius 3 is 2.86 bits per heavy atom. The standard InChI is InChI=1S/C16H25NO4/c1-12(2)19-8-4-3-7-17-10-14(18)13-5-6-15-16(9-13)21-11-20-15/h5-6,9,12,14,17-18H,3-4,7-8,10-11H2,1-2H3. The zero-order chi connectivity index (χ0) is 15.1. The number of unbranched alkanes of at least 4 members (excludes halogenated alkanes) is 1. The molecule has 1 atom stereocenters. The fraction of sp³-hybridized carbons (Fsp3) is 0.625. The molecule has 21 heavy (non-hydrogen) atoms. The van der Waals surface area contributed by atoms with Crippen LogP contribution >= 0.6 is 0 Å². The Kier molecular flexibility index (Phi) is 6.29. The van der Waals surface area contributed by atoms with E-state index in [-0.39, 0.29) is 6.79 Å². The highest BCUT2D eigenvalue weighted by atomic mass is 16.7. The average Bonchev–Trinajstić information content (AvgIpc) is 2.93. The zero-order valence-corrected chi connectivity index (χ0v) is 12.8. The Morgan fingerprint density at radius 2 is 2.05 bits per heavy atom. The topological polar surface area (TPSA) is 60.0 Å². The predicted molar refractivity (Wildman–Crippen MR) is 80.7 cm³/mol. The van der Waals surface area contributed by atoms with Crippen LogP contribution in [0.1, 0.15) is 38.4 Å². The number of benzene rings is 1. The van der Waals surface area contributed by atoms with Gasteiger partial charge in [-0.2, -0.15) is 0 Å². The quantitative estimate of drug-likeness (QED) is 0.684. The third-order valence-electron chi connectivity index (χ3n) is 3.32. The summed E-state index contributed by atoms with van der Waals surface area (Å²) in [6.07, 6.45) is 1.84. The summed E-state index contributed by atoms with van der Waals surface area (Å²) in [6.45, 7) is 6.54. The molecule has 0 spiro atoms.